The molecule has 9 heteroatoms. The number of nitrogens with zero attached hydrogens (tertiary/aromatic N) is 1. The molecule has 3 rings (SSSR count). The molecular weight excluding hydrogens is 373 g/mol. The number of carbonyl (C=O) groups is 1. The van der Waals surface area contributed by atoms with E-state index in [1.165, 1.54) is 6.07 Å². The summed E-state index contributed by atoms with van der Waals surface area (Å²) in [6.07, 6.45) is -5.21. The summed E-state index contributed by atoms with van der Waals surface area (Å²) in [7, 11) is 0. The van der Waals surface area contributed by atoms with E-state index in [0.717, 1.165) is 12.1 Å². The Morgan fingerprint density at radius 2 is 2.04 bits per heavy atom. The quantitative estimate of drug-likeness (QED) is 0.837. The fourth-order valence-electron chi connectivity index (χ4n) is 3.17. The second kappa shape index (κ2) is 8.56. The van der Waals surface area contributed by atoms with Crippen molar-refractivity contribution < 1.29 is 27.4 Å². The fourth-order valence-corrected chi connectivity index (χ4v) is 3.17. The molecule has 0 radical (unpaired) electrons. The van der Waals surface area contributed by atoms with Gasteiger partial charge >= 0.3 is 6.18 Å². The molecule has 1 aromatic carbocycles. The smallest absolute Gasteiger partial charge is 0.375 e. The number of alkyl halides is 3. The Morgan fingerprint density at radius 1 is 1.27 bits per heavy atom. The van der Waals surface area contributed by atoms with E-state index in [0.29, 0.717) is 25.3 Å². The minimum absolute atomic E-state index is 0. The maximum atomic E-state index is 12.9. The normalized spacial score (nSPS) is 26.9. The molecule has 146 valence electrons. The van der Waals surface area contributed by atoms with Gasteiger partial charge in [-0.05, 0) is 24.6 Å². The van der Waals surface area contributed by atoms with E-state index >= 15 is 0 Å². The summed E-state index contributed by atoms with van der Waals surface area (Å²) in [5.74, 6) is -0.104. The lowest BCUT2D eigenvalue weighted by Crippen LogP contribution is -2.58. The van der Waals surface area contributed by atoms with Crippen LogP contribution in [0.5, 0.6) is 0 Å². The number of rotatable bonds is 2. The molecule has 3 atom stereocenters. The van der Waals surface area contributed by atoms with Crippen molar-refractivity contribution in [3.05, 3.63) is 35.4 Å². The maximum Gasteiger partial charge on any atom is 0.416 e. The van der Waals surface area contributed by atoms with Crippen LogP contribution in [0.4, 0.5) is 13.2 Å². The molecule has 2 heterocycles. The van der Waals surface area contributed by atoms with Crippen LogP contribution in [-0.4, -0.2) is 55.8 Å². The van der Waals surface area contributed by atoms with Gasteiger partial charge in [0.2, 0.25) is 5.91 Å². The zero-order valence-electron chi connectivity index (χ0n) is 14.3. The first-order valence-corrected chi connectivity index (χ1v) is 8.29. The van der Waals surface area contributed by atoms with E-state index in [9.17, 15) is 18.0 Å². The minimum atomic E-state index is -4.40. The van der Waals surface area contributed by atoms with Crippen molar-refractivity contribution in [1.82, 2.24) is 10.2 Å². The average molecular weight is 395 g/mol. The predicted molar refractivity (Wildman–Crippen MR) is 91.2 cm³/mol. The Morgan fingerprint density at radius 3 is 2.73 bits per heavy atom. The van der Waals surface area contributed by atoms with Gasteiger partial charge in [-0.3, -0.25) is 4.79 Å². The van der Waals surface area contributed by atoms with E-state index in [2.05, 4.69) is 5.32 Å². The molecule has 1 amide bonds. The second-order valence-electron chi connectivity index (χ2n) is 6.27. The van der Waals surface area contributed by atoms with E-state index in [1.54, 1.807) is 11.0 Å². The molecule has 5 nitrogen and oxygen atoms in total. The van der Waals surface area contributed by atoms with Crippen LogP contribution in [0.2, 0.25) is 0 Å². The Balaban J connectivity index is 0.00000243. The van der Waals surface area contributed by atoms with Crippen molar-refractivity contribution >= 4 is 18.3 Å². The number of hydrogen-bond acceptors (Lipinski definition) is 4. The largest absolute Gasteiger partial charge is 0.416 e. The van der Waals surface area contributed by atoms with Crippen molar-refractivity contribution in [3.63, 3.8) is 0 Å². The third-order valence-electron chi connectivity index (χ3n) is 4.55. The average Bonchev–Trinajstić information content (AvgIpc) is 2.61. The summed E-state index contributed by atoms with van der Waals surface area (Å²) in [6, 6.07) is 4.64. The number of benzene rings is 1. The number of halogens is 4. The number of morpholine rings is 2. The number of carbonyl (C=O) groups excluding carboxylic acids is 1. The van der Waals surface area contributed by atoms with Gasteiger partial charge in [0.15, 0.2) is 0 Å². The third kappa shape index (κ3) is 4.68. The lowest BCUT2D eigenvalue weighted by Gasteiger charge is -2.38. The first-order valence-electron chi connectivity index (χ1n) is 8.29. The highest BCUT2D eigenvalue weighted by Gasteiger charge is 2.36. The molecular formula is C17H22ClF3N2O3. The Bertz CT molecular complexity index is 630. The molecule has 0 aromatic heterocycles. The molecule has 2 fully saturated rings. The van der Waals surface area contributed by atoms with Crippen LogP contribution in [0, 0.1) is 0 Å². The lowest BCUT2D eigenvalue weighted by atomic mass is 10.0. The molecule has 2 aliphatic heterocycles. The first kappa shape index (κ1) is 21.0. The lowest BCUT2D eigenvalue weighted by molar-refractivity contribution is -0.147. The highest BCUT2D eigenvalue weighted by molar-refractivity contribution is 5.85. The summed E-state index contributed by atoms with van der Waals surface area (Å²) in [6.45, 7) is 3.92. The molecule has 1 aromatic rings. The molecule has 0 spiro atoms. The van der Waals surface area contributed by atoms with Crippen molar-refractivity contribution in [2.24, 2.45) is 0 Å². The van der Waals surface area contributed by atoms with Gasteiger partial charge in [0.05, 0.1) is 31.4 Å². The molecule has 0 saturated carbocycles. The van der Waals surface area contributed by atoms with E-state index < -0.39 is 23.9 Å². The monoisotopic (exact) mass is 394 g/mol. The van der Waals surface area contributed by atoms with E-state index in [4.69, 9.17) is 9.47 Å². The van der Waals surface area contributed by atoms with Crippen molar-refractivity contribution in [2.45, 2.75) is 31.3 Å². The van der Waals surface area contributed by atoms with Gasteiger partial charge in [-0.25, -0.2) is 0 Å². The van der Waals surface area contributed by atoms with Crippen LogP contribution in [-0.2, 0) is 20.4 Å². The first-order chi connectivity index (χ1) is 11.9. The maximum absolute atomic E-state index is 12.9. The summed E-state index contributed by atoms with van der Waals surface area (Å²) < 4.78 is 49.8. The molecule has 2 saturated heterocycles. The third-order valence-corrected chi connectivity index (χ3v) is 4.55. The summed E-state index contributed by atoms with van der Waals surface area (Å²) >= 11 is 0. The predicted octanol–water partition coefficient (Wildman–Crippen LogP) is 2.40. The standard InChI is InChI=1S/C17H21F3N2O3.ClH/c1-11-15(21-5-7-24-11)16(23)22-6-8-25-14(10-22)12-3-2-4-13(9-12)17(18,19)20;/h2-4,9,11,14-15,21H,5-8,10H2,1H3;1H/t11-,14?,15+;/m1./s1. The van der Waals surface area contributed by atoms with Crippen molar-refractivity contribution in [3.8, 4) is 0 Å². The molecule has 26 heavy (non-hydrogen) atoms. The van der Waals surface area contributed by atoms with Crippen LogP contribution in [0.3, 0.4) is 0 Å². The van der Waals surface area contributed by atoms with Gasteiger partial charge in [-0.1, -0.05) is 12.1 Å². The van der Waals surface area contributed by atoms with Gasteiger partial charge < -0.3 is 19.7 Å². The van der Waals surface area contributed by atoms with Crippen molar-refractivity contribution in [2.75, 3.05) is 32.8 Å². The topological polar surface area (TPSA) is 50.8 Å². The second-order valence-corrected chi connectivity index (χ2v) is 6.27. The van der Waals surface area contributed by atoms with Crippen LogP contribution in [0.15, 0.2) is 24.3 Å². The highest BCUT2D eigenvalue weighted by atomic mass is 35.5. The van der Waals surface area contributed by atoms with Crippen molar-refractivity contribution in [1.29, 1.82) is 0 Å². The zero-order chi connectivity index (χ0) is 18.0. The van der Waals surface area contributed by atoms with E-state index in [-0.39, 0.29) is 37.6 Å². The Labute approximate surface area is 156 Å². The van der Waals surface area contributed by atoms with Gasteiger partial charge in [-0.2, -0.15) is 13.2 Å². The number of ether oxygens (including phenoxy) is 2. The molecule has 2 aliphatic rings. The van der Waals surface area contributed by atoms with Crippen LogP contribution >= 0.6 is 12.4 Å². The van der Waals surface area contributed by atoms with Crippen LogP contribution < -0.4 is 5.32 Å². The SMILES string of the molecule is C[C@H]1OCCN[C@@H]1C(=O)N1CCOC(c2cccc(C(F)(F)F)c2)C1.Cl. The summed E-state index contributed by atoms with van der Waals surface area (Å²) in [5.41, 5.74) is -0.291. The molecule has 1 N–H and O–H groups in total. The van der Waals surface area contributed by atoms with Gasteiger partial charge in [0.1, 0.15) is 12.1 Å². The summed E-state index contributed by atoms with van der Waals surface area (Å²) in [5, 5.41) is 3.14. The van der Waals surface area contributed by atoms with Gasteiger partial charge in [0.25, 0.3) is 0 Å². The fraction of sp³-hybridized carbons (Fsp3) is 0.588. The molecule has 1 unspecified atom stereocenters. The Hall–Kier alpha value is -1.35. The number of amides is 1. The van der Waals surface area contributed by atoms with E-state index in [1.807, 2.05) is 6.92 Å². The van der Waals surface area contributed by atoms with Gasteiger partial charge in [-0.15, -0.1) is 12.4 Å². The highest BCUT2D eigenvalue weighted by Crippen LogP contribution is 2.32. The minimum Gasteiger partial charge on any atom is -0.375 e. The molecule has 0 bridgehead atoms. The molecule has 0 aliphatic carbocycles. The Kier molecular flexibility index (Phi) is 6.90. The summed E-state index contributed by atoms with van der Waals surface area (Å²) in [4.78, 5) is 14.4. The van der Waals surface area contributed by atoms with Crippen LogP contribution in [0.1, 0.15) is 24.2 Å². The zero-order valence-corrected chi connectivity index (χ0v) is 15.1. The number of hydrogen-bond donors (Lipinski definition) is 1. The van der Waals surface area contributed by atoms with Crippen LogP contribution in [0.25, 0.3) is 0 Å². The van der Waals surface area contributed by atoms with Gasteiger partial charge in [0, 0.05) is 13.1 Å². The number of nitrogens with one attached hydrogen (secondary N) is 1.